The van der Waals surface area contributed by atoms with Crippen LogP contribution in [0, 0.1) is 22.7 Å². The molecule has 152 valence electrons. The molecule has 0 spiro atoms. The van der Waals surface area contributed by atoms with Crippen molar-refractivity contribution in [2.24, 2.45) is 22.7 Å². The van der Waals surface area contributed by atoms with Crippen LogP contribution in [0.25, 0.3) is 6.08 Å². The fourth-order valence-corrected chi connectivity index (χ4v) is 6.39. The summed E-state index contributed by atoms with van der Waals surface area (Å²) in [6.07, 6.45) is 10.6. The van der Waals surface area contributed by atoms with Gasteiger partial charge in [-0.3, -0.25) is 0 Å². The number of methoxy groups -OCH3 is 2. The van der Waals surface area contributed by atoms with Crippen LogP contribution < -0.4 is 9.47 Å². The van der Waals surface area contributed by atoms with Crippen LogP contribution in [-0.2, 0) is 0 Å². The first kappa shape index (κ1) is 20.0. The number of rotatable bonds is 3. The summed E-state index contributed by atoms with van der Waals surface area (Å²) in [4.78, 5) is 0. The number of hydrogen-bond donors (Lipinski definition) is 1. The van der Waals surface area contributed by atoms with Gasteiger partial charge in [0.1, 0.15) is 17.1 Å². The molecule has 2 bridgehead atoms. The number of allylic oxidation sites excluding steroid dienone is 1. The quantitative estimate of drug-likeness (QED) is 0.578. The van der Waals surface area contributed by atoms with Crippen molar-refractivity contribution in [3.05, 3.63) is 39.9 Å². The van der Waals surface area contributed by atoms with Gasteiger partial charge in [0.25, 0.3) is 0 Å². The van der Waals surface area contributed by atoms with Gasteiger partial charge >= 0.3 is 0 Å². The van der Waals surface area contributed by atoms with Crippen molar-refractivity contribution >= 4 is 22.0 Å². The van der Waals surface area contributed by atoms with Gasteiger partial charge in [0, 0.05) is 16.1 Å². The average Bonchev–Trinajstić information content (AvgIpc) is 2.70. The highest BCUT2D eigenvalue weighted by molar-refractivity contribution is 9.10. The molecule has 2 fully saturated rings. The summed E-state index contributed by atoms with van der Waals surface area (Å²) >= 11 is 3.66. The van der Waals surface area contributed by atoms with Gasteiger partial charge < -0.3 is 14.6 Å². The topological polar surface area (TPSA) is 38.7 Å². The molecule has 1 aromatic carbocycles. The largest absolute Gasteiger partial charge is 0.497 e. The Morgan fingerprint density at radius 3 is 2.57 bits per heavy atom. The first-order chi connectivity index (χ1) is 13.1. The minimum atomic E-state index is -0.884. The second kappa shape index (κ2) is 6.63. The van der Waals surface area contributed by atoms with Crippen LogP contribution in [0.5, 0.6) is 11.5 Å². The minimum Gasteiger partial charge on any atom is -0.497 e. The Morgan fingerprint density at radius 1 is 1.18 bits per heavy atom. The zero-order valence-electron chi connectivity index (χ0n) is 17.5. The van der Waals surface area contributed by atoms with E-state index in [1.54, 1.807) is 14.2 Å². The van der Waals surface area contributed by atoms with E-state index >= 15 is 0 Å². The first-order valence-electron chi connectivity index (χ1n) is 10.2. The van der Waals surface area contributed by atoms with Gasteiger partial charge in [0.2, 0.25) is 0 Å². The molecule has 28 heavy (non-hydrogen) atoms. The van der Waals surface area contributed by atoms with Crippen LogP contribution >= 0.6 is 15.9 Å². The standard InChI is InChI=1S/C24H31BrO3/c1-22(2)13-19-18(22)7-9-24(26)14-23(19,3)8-6-15(24)10-17-20(25)11-16(27-4)12-21(17)28-5/h7,9-12,18-19,26H,6,8,13-14H2,1-5H3/b15-10+/t18-,19+,23+,24-/m1/s1. The molecule has 1 aromatic rings. The van der Waals surface area contributed by atoms with E-state index in [1.165, 1.54) is 6.42 Å². The SMILES string of the molecule is COc1cc(Br)c(/C=C2\CC[C@@]3(C)C[C@]2(O)C=C[C@@H]2[C@@H]3CC2(C)C)c(OC)c1. The Hall–Kier alpha value is -1.26. The van der Waals surface area contributed by atoms with Crippen molar-refractivity contribution in [3.8, 4) is 11.5 Å². The van der Waals surface area contributed by atoms with Gasteiger partial charge in [0.05, 0.1) is 14.2 Å². The lowest BCUT2D eigenvalue weighted by Crippen LogP contribution is -2.52. The highest BCUT2D eigenvalue weighted by Gasteiger charge is 2.58. The van der Waals surface area contributed by atoms with Gasteiger partial charge in [0.15, 0.2) is 0 Å². The predicted octanol–water partition coefficient (Wildman–Crippen LogP) is 6.00. The smallest absolute Gasteiger partial charge is 0.130 e. The zero-order valence-corrected chi connectivity index (χ0v) is 19.1. The van der Waals surface area contributed by atoms with Crippen LogP contribution in [0.4, 0.5) is 0 Å². The Bertz CT molecular complexity index is 856. The van der Waals surface area contributed by atoms with E-state index in [9.17, 15) is 5.11 Å². The van der Waals surface area contributed by atoms with Crippen molar-refractivity contribution < 1.29 is 14.6 Å². The third kappa shape index (κ3) is 3.04. The van der Waals surface area contributed by atoms with E-state index in [2.05, 4.69) is 54.9 Å². The normalized spacial score (nSPS) is 37.0. The Labute approximate surface area is 176 Å². The van der Waals surface area contributed by atoms with Crippen molar-refractivity contribution in [1.82, 2.24) is 0 Å². The molecule has 3 aliphatic carbocycles. The van der Waals surface area contributed by atoms with Crippen LogP contribution in [0.1, 0.15) is 52.0 Å². The van der Waals surface area contributed by atoms with E-state index in [1.807, 2.05) is 12.1 Å². The van der Waals surface area contributed by atoms with E-state index in [0.717, 1.165) is 46.4 Å². The molecule has 0 aromatic heterocycles. The molecule has 0 saturated heterocycles. The van der Waals surface area contributed by atoms with Crippen LogP contribution in [-0.4, -0.2) is 24.9 Å². The molecule has 2 saturated carbocycles. The van der Waals surface area contributed by atoms with E-state index in [4.69, 9.17) is 9.47 Å². The summed E-state index contributed by atoms with van der Waals surface area (Å²) in [7, 11) is 3.32. The van der Waals surface area contributed by atoms with Crippen molar-refractivity contribution in [3.63, 3.8) is 0 Å². The molecule has 0 heterocycles. The molecular formula is C24H31BrO3. The van der Waals surface area contributed by atoms with Gasteiger partial charge in [-0.15, -0.1) is 0 Å². The summed E-state index contributed by atoms with van der Waals surface area (Å²) in [5, 5.41) is 11.7. The maximum atomic E-state index is 11.7. The molecule has 0 unspecified atom stereocenters. The number of aliphatic hydroxyl groups is 1. The van der Waals surface area contributed by atoms with Crippen molar-refractivity contribution in [2.45, 2.75) is 52.1 Å². The predicted molar refractivity (Wildman–Crippen MR) is 117 cm³/mol. The van der Waals surface area contributed by atoms with Crippen LogP contribution in [0.2, 0.25) is 0 Å². The summed E-state index contributed by atoms with van der Waals surface area (Å²) in [6, 6.07) is 3.83. The monoisotopic (exact) mass is 446 g/mol. The minimum absolute atomic E-state index is 0.191. The first-order valence-corrected chi connectivity index (χ1v) is 11.0. The molecular weight excluding hydrogens is 416 g/mol. The molecule has 4 atom stereocenters. The zero-order chi connectivity index (χ0) is 20.3. The molecule has 1 N–H and O–H groups in total. The maximum absolute atomic E-state index is 11.7. The molecule has 4 heteroatoms. The Balaban J connectivity index is 1.76. The number of benzene rings is 1. The molecule has 3 aliphatic rings. The van der Waals surface area contributed by atoms with Crippen molar-refractivity contribution in [2.75, 3.05) is 14.2 Å². The van der Waals surface area contributed by atoms with Crippen molar-refractivity contribution in [1.29, 1.82) is 0 Å². The highest BCUT2D eigenvalue weighted by atomic mass is 79.9. The number of ether oxygens (including phenoxy) is 2. The van der Waals surface area contributed by atoms with Gasteiger partial charge in [-0.2, -0.15) is 0 Å². The average molecular weight is 447 g/mol. The third-order valence-electron chi connectivity index (χ3n) is 7.59. The number of fused-ring (bicyclic) bond motifs is 4. The second-order valence-corrected chi connectivity index (χ2v) is 10.7. The van der Waals surface area contributed by atoms with Crippen LogP contribution in [0.15, 0.2) is 34.3 Å². The number of halogens is 1. The molecule has 4 rings (SSSR count). The van der Waals surface area contributed by atoms with E-state index in [0.29, 0.717) is 17.3 Å². The molecule has 0 amide bonds. The Morgan fingerprint density at radius 2 is 1.93 bits per heavy atom. The third-order valence-corrected chi connectivity index (χ3v) is 8.25. The fourth-order valence-electron chi connectivity index (χ4n) is 5.86. The van der Waals surface area contributed by atoms with Gasteiger partial charge in [-0.05, 0) is 82.0 Å². The van der Waals surface area contributed by atoms with E-state index < -0.39 is 5.60 Å². The molecule has 3 nitrogen and oxygen atoms in total. The summed E-state index contributed by atoms with van der Waals surface area (Å²) in [5.41, 5.74) is 1.67. The Kier molecular flexibility index (Phi) is 4.74. The summed E-state index contributed by atoms with van der Waals surface area (Å²) in [5.74, 6) is 2.73. The lowest BCUT2D eigenvalue weighted by atomic mass is 9.46. The van der Waals surface area contributed by atoms with E-state index in [-0.39, 0.29) is 5.41 Å². The number of hydrogen-bond acceptors (Lipinski definition) is 3. The lowest BCUT2D eigenvalue weighted by molar-refractivity contribution is -0.0878. The molecule has 0 radical (unpaired) electrons. The molecule has 0 aliphatic heterocycles. The maximum Gasteiger partial charge on any atom is 0.130 e. The lowest BCUT2D eigenvalue weighted by Gasteiger charge is -2.58. The summed E-state index contributed by atoms with van der Waals surface area (Å²) in [6.45, 7) is 7.10. The van der Waals surface area contributed by atoms with Crippen LogP contribution in [0.3, 0.4) is 0 Å². The van der Waals surface area contributed by atoms with Gasteiger partial charge in [-0.1, -0.05) is 32.9 Å². The summed E-state index contributed by atoms with van der Waals surface area (Å²) < 4.78 is 11.9. The highest BCUT2D eigenvalue weighted by Crippen LogP contribution is 2.65. The van der Waals surface area contributed by atoms with Gasteiger partial charge in [-0.25, -0.2) is 0 Å². The fraction of sp³-hybridized carbons (Fsp3) is 0.583. The second-order valence-electron chi connectivity index (χ2n) is 9.83.